The van der Waals surface area contributed by atoms with E-state index in [0.29, 0.717) is 5.88 Å². The summed E-state index contributed by atoms with van der Waals surface area (Å²) in [5.74, 6) is 0.479. The maximum Gasteiger partial charge on any atom is 0.0494 e. The molecule has 0 aliphatic rings. The SMILES string of the molecule is CN(Cc1ccccc1Br)c1cc(Cl)ccc1CCl. The molecule has 4 heteroatoms. The van der Waals surface area contributed by atoms with Gasteiger partial charge in [-0.15, -0.1) is 11.6 Å². The van der Waals surface area contributed by atoms with Crippen molar-refractivity contribution in [2.45, 2.75) is 12.4 Å². The highest BCUT2D eigenvalue weighted by atomic mass is 79.9. The van der Waals surface area contributed by atoms with E-state index in [-0.39, 0.29) is 0 Å². The number of alkyl halides is 1. The molecule has 19 heavy (non-hydrogen) atoms. The second kappa shape index (κ2) is 6.65. The lowest BCUT2D eigenvalue weighted by Gasteiger charge is -2.23. The molecule has 2 aromatic carbocycles. The van der Waals surface area contributed by atoms with Gasteiger partial charge in [-0.2, -0.15) is 0 Å². The van der Waals surface area contributed by atoms with Crippen LogP contribution in [0.25, 0.3) is 0 Å². The third-order valence-corrected chi connectivity index (χ3v) is 4.26. The van der Waals surface area contributed by atoms with Crippen LogP contribution in [0.15, 0.2) is 46.9 Å². The van der Waals surface area contributed by atoms with Crippen molar-refractivity contribution < 1.29 is 0 Å². The van der Waals surface area contributed by atoms with Crippen molar-refractivity contribution in [2.24, 2.45) is 0 Å². The lowest BCUT2D eigenvalue weighted by molar-refractivity contribution is 0.911. The van der Waals surface area contributed by atoms with Crippen LogP contribution < -0.4 is 4.90 Å². The smallest absolute Gasteiger partial charge is 0.0494 e. The van der Waals surface area contributed by atoms with E-state index in [9.17, 15) is 0 Å². The Bertz CT molecular complexity index is 572. The van der Waals surface area contributed by atoms with Crippen molar-refractivity contribution in [3.63, 3.8) is 0 Å². The van der Waals surface area contributed by atoms with Gasteiger partial charge in [-0.3, -0.25) is 0 Å². The van der Waals surface area contributed by atoms with Gasteiger partial charge in [-0.25, -0.2) is 0 Å². The lowest BCUT2D eigenvalue weighted by Crippen LogP contribution is -2.18. The molecule has 0 aliphatic carbocycles. The van der Waals surface area contributed by atoms with Crippen LogP contribution in [0.2, 0.25) is 5.02 Å². The highest BCUT2D eigenvalue weighted by Crippen LogP contribution is 2.28. The van der Waals surface area contributed by atoms with Crippen LogP contribution >= 0.6 is 39.1 Å². The summed E-state index contributed by atoms with van der Waals surface area (Å²) in [4.78, 5) is 2.16. The Morgan fingerprint density at radius 3 is 2.53 bits per heavy atom. The zero-order valence-corrected chi connectivity index (χ0v) is 13.6. The van der Waals surface area contributed by atoms with E-state index < -0.39 is 0 Å². The predicted octanol–water partition coefficient (Wildman–Crippen LogP) is 5.48. The van der Waals surface area contributed by atoms with E-state index in [1.54, 1.807) is 0 Å². The molecule has 0 bridgehead atoms. The Hall–Kier alpha value is -0.700. The number of nitrogens with zero attached hydrogens (tertiary/aromatic N) is 1. The number of rotatable bonds is 4. The fourth-order valence-electron chi connectivity index (χ4n) is 1.97. The van der Waals surface area contributed by atoms with Crippen molar-refractivity contribution in [1.29, 1.82) is 0 Å². The molecule has 0 fully saturated rings. The van der Waals surface area contributed by atoms with Crippen LogP contribution in [0, 0.1) is 0 Å². The number of hydrogen-bond donors (Lipinski definition) is 0. The van der Waals surface area contributed by atoms with Crippen LogP contribution in [0.3, 0.4) is 0 Å². The minimum absolute atomic E-state index is 0.479. The molecule has 100 valence electrons. The summed E-state index contributed by atoms with van der Waals surface area (Å²) >= 11 is 15.6. The van der Waals surface area contributed by atoms with Gasteiger partial charge < -0.3 is 4.90 Å². The van der Waals surface area contributed by atoms with E-state index in [1.807, 2.05) is 43.4 Å². The first kappa shape index (κ1) is 14.7. The average Bonchev–Trinajstić information content (AvgIpc) is 2.41. The Morgan fingerprint density at radius 1 is 1.11 bits per heavy atom. The molecule has 2 rings (SSSR count). The molecule has 0 saturated heterocycles. The minimum Gasteiger partial charge on any atom is -0.370 e. The Morgan fingerprint density at radius 2 is 1.84 bits per heavy atom. The van der Waals surface area contributed by atoms with Crippen LogP contribution in [0.4, 0.5) is 5.69 Å². The third-order valence-electron chi connectivity index (χ3n) is 2.97. The molecule has 0 N–H and O–H groups in total. The Kier molecular flexibility index (Phi) is 5.14. The standard InChI is InChI=1S/C15H14BrCl2N/c1-19(10-12-4-2-3-5-14(12)16)15-8-13(18)7-6-11(15)9-17/h2-8H,9-10H2,1H3. The van der Waals surface area contributed by atoms with Crippen LogP contribution in [0.5, 0.6) is 0 Å². The normalized spacial score (nSPS) is 10.5. The average molecular weight is 359 g/mol. The topological polar surface area (TPSA) is 3.24 Å². The largest absolute Gasteiger partial charge is 0.370 e. The number of hydrogen-bond acceptors (Lipinski definition) is 1. The van der Waals surface area contributed by atoms with Crippen molar-refractivity contribution in [3.8, 4) is 0 Å². The molecular weight excluding hydrogens is 345 g/mol. The summed E-state index contributed by atoms with van der Waals surface area (Å²) in [6, 6.07) is 14.0. The van der Waals surface area contributed by atoms with Crippen LogP contribution in [-0.2, 0) is 12.4 Å². The van der Waals surface area contributed by atoms with Crippen LogP contribution in [-0.4, -0.2) is 7.05 Å². The van der Waals surface area contributed by atoms with Gasteiger partial charge in [-0.1, -0.05) is 51.8 Å². The van der Waals surface area contributed by atoms with Gasteiger partial charge in [0, 0.05) is 34.7 Å². The van der Waals surface area contributed by atoms with Gasteiger partial charge in [0.25, 0.3) is 0 Å². The van der Waals surface area contributed by atoms with E-state index in [1.165, 1.54) is 5.56 Å². The third kappa shape index (κ3) is 3.65. The van der Waals surface area contributed by atoms with Gasteiger partial charge >= 0.3 is 0 Å². The fourth-order valence-corrected chi connectivity index (χ4v) is 2.78. The second-order valence-electron chi connectivity index (χ2n) is 4.35. The molecule has 0 aromatic heterocycles. The summed E-state index contributed by atoms with van der Waals surface area (Å²) in [7, 11) is 2.04. The molecule has 0 radical (unpaired) electrons. The molecule has 0 spiro atoms. The first-order chi connectivity index (χ1) is 9.11. The number of benzene rings is 2. The molecule has 0 saturated carbocycles. The Balaban J connectivity index is 2.27. The van der Waals surface area contributed by atoms with Crippen LogP contribution in [0.1, 0.15) is 11.1 Å². The van der Waals surface area contributed by atoms with E-state index >= 15 is 0 Å². The van der Waals surface area contributed by atoms with Gasteiger partial charge in [-0.05, 0) is 29.3 Å². The van der Waals surface area contributed by atoms with Gasteiger partial charge in [0.05, 0.1) is 0 Å². The van der Waals surface area contributed by atoms with Crippen molar-refractivity contribution >= 4 is 44.8 Å². The summed E-state index contributed by atoms with van der Waals surface area (Å²) in [5.41, 5.74) is 3.38. The van der Waals surface area contributed by atoms with E-state index in [4.69, 9.17) is 23.2 Å². The number of anilines is 1. The summed E-state index contributed by atoms with van der Waals surface area (Å²) in [5, 5.41) is 0.725. The number of halogens is 3. The minimum atomic E-state index is 0.479. The summed E-state index contributed by atoms with van der Waals surface area (Å²) in [6.07, 6.45) is 0. The van der Waals surface area contributed by atoms with Gasteiger partial charge in [0.1, 0.15) is 0 Å². The van der Waals surface area contributed by atoms with Crippen molar-refractivity contribution in [2.75, 3.05) is 11.9 Å². The maximum absolute atomic E-state index is 6.07. The first-order valence-corrected chi connectivity index (χ1v) is 7.61. The molecule has 0 atom stereocenters. The highest BCUT2D eigenvalue weighted by molar-refractivity contribution is 9.10. The van der Waals surface area contributed by atoms with Gasteiger partial charge in [0.2, 0.25) is 0 Å². The van der Waals surface area contributed by atoms with Crippen molar-refractivity contribution in [1.82, 2.24) is 0 Å². The zero-order chi connectivity index (χ0) is 13.8. The molecule has 0 heterocycles. The van der Waals surface area contributed by atoms with Gasteiger partial charge in [0.15, 0.2) is 0 Å². The van der Waals surface area contributed by atoms with E-state index in [2.05, 4.69) is 26.9 Å². The summed E-state index contributed by atoms with van der Waals surface area (Å²) < 4.78 is 1.11. The summed E-state index contributed by atoms with van der Waals surface area (Å²) in [6.45, 7) is 0.797. The lowest BCUT2D eigenvalue weighted by atomic mass is 10.1. The quantitative estimate of drug-likeness (QED) is 0.654. The highest BCUT2D eigenvalue weighted by Gasteiger charge is 2.09. The Labute approximate surface area is 132 Å². The molecule has 0 amide bonds. The van der Waals surface area contributed by atoms with Crippen molar-refractivity contribution in [3.05, 3.63) is 63.1 Å². The monoisotopic (exact) mass is 357 g/mol. The predicted molar refractivity (Wildman–Crippen MR) is 87.3 cm³/mol. The molecule has 2 aromatic rings. The zero-order valence-electron chi connectivity index (χ0n) is 10.5. The molecular formula is C15H14BrCl2N. The second-order valence-corrected chi connectivity index (χ2v) is 5.91. The maximum atomic E-state index is 6.07. The molecule has 1 nitrogen and oxygen atoms in total. The first-order valence-electron chi connectivity index (χ1n) is 5.90. The molecule has 0 unspecified atom stereocenters. The molecule has 0 aliphatic heterocycles. The fraction of sp³-hybridized carbons (Fsp3) is 0.200. The van der Waals surface area contributed by atoms with E-state index in [0.717, 1.165) is 27.3 Å².